The largest absolute Gasteiger partial charge is 0.342 e. The van der Waals surface area contributed by atoms with Crippen LogP contribution in [-0.2, 0) is 5.75 Å². The maximum Gasteiger partial charge on any atom is 0.251 e. The molecule has 0 spiro atoms. The number of benzene rings is 3. The van der Waals surface area contributed by atoms with E-state index in [0.717, 1.165) is 21.3 Å². The first-order chi connectivity index (χ1) is 15.9. The van der Waals surface area contributed by atoms with Crippen molar-refractivity contribution in [2.45, 2.75) is 30.8 Å². The van der Waals surface area contributed by atoms with Crippen LogP contribution in [-0.4, -0.2) is 20.7 Å². The molecule has 1 atom stereocenters. The molecule has 1 aromatic heterocycles. The fraction of sp³-hybridized carbons (Fsp3) is 0.160. The average Bonchev–Trinajstić information content (AvgIpc) is 3.23. The van der Waals surface area contributed by atoms with E-state index in [9.17, 15) is 9.18 Å². The van der Waals surface area contributed by atoms with Gasteiger partial charge in [0.05, 0.1) is 6.04 Å². The van der Waals surface area contributed by atoms with Gasteiger partial charge in [-0.2, -0.15) is 0 Å². The van der Waals surface area contributed by atoms with E-state index in [0.29, 0.717) is 22.3 Å². The monoisotopic (exact) mass is 524 g/mol. The Bertz CT molecular complexity index is 1260. The van der Waals surface area contributed by atoms with Crippen molar-refractivity contribution in [2.75, 3.05) is 0 Å². The van der Waals surface area contributed by atoms with Gasteiger partial charge in [-0.15, -0.1) is 10.2 Å². The lowest BCUT2D eigenvalue weighted by Crippen LogP contribution is -2.28. The molecule has 4 aromatic rings. The summed E-state index contributed by atoms with van der Waals surface area (Å²) in [5, 5.41) is 12.5. The van der Waals surface area contributed by atoms with Crippen LogP contribution in [0.4, 0.5) is 4.39 Å². The smallest absolute Gasteiger partial charge is 0.251 e. The highest BCUT2D eigenvalue weighted by atomic mass is 79.9. The van der Waals surface area contributed by atoms with Crippen LogP contribution >= 0.6 is 27.7 Å². The topological polar surface area (TPSA) is 59.8 Å². The molecule has 0 bridgehead atoms. The highest BCUT2D eigenvalue weighted by Gasteiger charge is 2.21. The summed E-state index contributed by atoms with van der Waals surface area (Å²) in [4.78, 5) is 12.8. The predicted molar refractivity (Wildman–Crippen MR) is 132 cm³/mol. The average molecular weight is 525 g/mol. The Balaban J connectivity index is 1.61. The molecule has 0 fully saturated rings. The van der Waals surface area contributed by atoms with Gasteiger partial charge in [0.1, 0.15) is 5.82 Å². The van der Waals surface area contributed by atoms with Crippen molar-refractivity contribution in [2.24, 2.45) is 0 Å². The Morgan fingerprint density at radius 3 is 2.52 bits per heavy atom. The minimum atomic E-state index is -0.384. The van der Waals surface area contributed by atoms with Crippen molar-refractivity contribution in [3.63, 3.8) is 0 Å². The van der Waals surface area contributed by atoms with Crippen molar-refractivity contribution in [3.8, 4) is 5.69 Å². The third-order valence-electron chi connectivity index (χ3n) is 5.05. The van der Waals surface area contributed by atoms with Crippen LogP contribution in [0.2, 0.25) is 0 Å². The standard InChI is InChI=1S/C25H22BrFN4OS/c1-16-6-12-22(13-7-16)31-23(17(2)28-24(32)19-4-3-5-20(26)14-19)29-30-25(31)33-15-18-8-10-21(27)11-9-18/h3-14,17H,15H2,1-2H3,(H,28,32). The Kier molecular flexibility index (Phi) is 7.25. The molecule has 1 unspecified atom stereocenters. The molecular weight excluding hydrogens is 503 g/mol. The SMILES string of the molecule is Cc1ccc(-n2c(SCc3ccc(F)cc3)nnc2C(C)NC(=O)c2cccc(Br)c2)cc1. The number of thioether (sulfide) groups is 1. The minimum Gasteiger partial charge on any atom is -0.342 e. The van der Waals surface area contributed by atoms with Gasteiger partial charge in [0.15, 0.2) is 11.0 Å². The highest BCUT2D eigenvalue weighted by Crippen LogP contribution is 2.28. The molecule has 1 heterocycles. The van der Waals surface area contributed by atoms with Gasteiger partial charge in [-0.3, -0.25) is 9.36 Å². The summed E-state index contributed by atoms with van der Waals surface area (Å²) in [5.74, 6) is 0.790. The van der Waals surface area contributed by atoms with Crippen LogP contribution in [0, 0.1) is 12.7 Å². The van der Waals surface area contributed by atoms with E-state index in [-0.39, 0.29) is 17.8 Å². The van der Waals surface area contributed by atoms with Gasteiger partial charge in [0.2, 0.25) is 0 Å². The molecule has 8 heteroatoms. The second kappa shape index (κ2) is 10.3. The zero-order valence-corrected chi connectivity index (χ0v) is 20.5. The first-order valence-corrected chi connectivity index (χ1v) is 12.1. The predicted octanol–water partition coefficient (Wildman–Crippen LogP) is 6.26. The van der Waals surface area contributed by atoms with Gasteiger partial charge in [0.25, 0.3) is 5.91 Å². The first kappa shape index (κ1) is 23.2. The Labute approximate surface area is 204 Å². The number of rotatable bonds is 7. The molecule has 0 aliphatic carbocycles. The number of carbonyl (C=O) groups is 1. The third-order valence-corrected chi connectivity index (χ3v) is 6.55. The molecule has 0 radical (unpaired) electrons. The van der Waals surface area contributed by atoms with Crippen LogP contribution in [0.3, 0.4) is 0 Å². The van der Waals surface area contributed by atoms with Crippen LogP contribution in [0.1, 0.15) is 40.3 Å². The third kappa shape index (κ3) is 5.69. The van der Waals surface area contributed by atoms with Gasteiger partial charge < -0.3 is 5.32 Å². The summed E-state index contributed by atoms with van der Waals surface area (Å²) < 4.78 is 16.0. The van der Waals surface area contributed by atoms with E-state index >= 15 is 0 Å². The Morgan fingerprint density at radius 1 is 1.09 bits per heavy atom. The molecule has 168 valence electrons. The number of amides is 1. The molecule has 33 heavy (non-hydrogen) atoms. The van der Waals surface area contributed by atoms with E-state index in [4.69, 9.17) is 0 Å². The molecule has 0 saturated heterocycles. The quantitative estimate of drug-likeness (QED) is 0.290. The van der Waals surface area contributed by atoms with Crippen LogP contribution in [0.5, 0.6) is 0 Å². The Morgan fingerprint density at radius 2 is 1.82 bits per heavy atom. The van der Waals surface area contributed by atoms with E-state index in [1.165, 1.54) is 23.9 Å². The fourth-order valence-electron chi connectivity index (χ4n) is 3.29. The normalized spacial score (nSPS) is 11.9. The molecule has 3 aromatic carbocycles. The lowest BCUT2D eigenvalue weighted by Gasteiger charge is -2.16. The van der Waals surface area contributed by atoms with Gasteiger partial charge in [0, 0.05) is 21.5 Å². The molecule has 0 saturated carbocycles. The lowest BCUT2D eigenvalue weighted by molar-refractivity contribution is 0.0938. The maximum absolute atomic E-state index is 13.2. The van der Waals surface area contributed by atoms with E-state index < -0.39 is 0 Å². The summed E-state index contributed by atoms with van der Waals surface area (Å²) in [6.07, 6.45) is 0. The van der Waals surface area contributed by atoms with Crippen molar-refractivity contribution >= 4 is 33.6 Å². The number of aromatic nitrogens is 3. The molecule has 0 aliphatic heterocycles. The van der Waals surface area contributed by atoms with Gasteiger partial charge in [-0.1, -0.05) is 63.6 Å². The number of nitrogens with zero attached hydrogens (tertiary/aromatic N) is 3. The number of carbonyl (C=O) groups excluding carboxylic acids is 1. The zero-order valence-electron chi connectivity index (χ0n) is 18.1. The Hall–Kier alpha value is -2.97. The summed E-state index contributed by atoms with van der Waals surface area (Å²) in [7, 11) is 0. The van der Waals surface area contributed by atoms with E-state index in [2.05, 4.69) is 31.4 Å². The van der Waals surface area contributed by atoms with E-state index in [1.807, 2.05) is 54.8 Å². The van der Waals surface area contributed by atoms with Crippen molar-refractivity contribution < 1.29 is 9.18 Å². The number of aryl methyl sites for hydroxylation is 1. The number of hydrogen-bond donors (Lipinski definition) is 1. The zero-order chi connectivity index (χ0) is 23.4. The van der Waals surface area contributed by atoms with Crippen LogP contribution in [0.25, 0.3) is 5.69 Å². The van der Waals surface area contributed by atoms with Gasteiger partial charge in [-0.05, 0) is 61.9 Å². The van der Waals surface area contributed by atoms with Gasteiger partial charge in [-0.25, -0.2) is 4.39 Å². The fourth-order valence-corrected chi connectivity index (χ4v) is 4.61. The summed E-state index contributed by atoms with van der Waals surface area (Å²) in [5.41, 5.74) is 3.59. The molecule has 4 rings (SSSR count). The van der Waals surface area contributed by atoms with Gasteiger partial charge >= 0.3 is 0 Å². The number of nitrogens with one attached hydrogen (secondary N) is 1. The molecule has 1 N–H and O–H groups in total. The highest BCUT2D eigenvalue weighted by molar-refractivity contribution is 9.10. The van der Waals surface area contributed by atoms with Crippen molar-refractivity contribution in [1.29, 1.82) is 0 Å². The second-order valence-electron chi connectivity index (χ2n) is 7.63. The summed E-state index contributed by atoms with van der Waals surface area (Å²) in [6.45, 7) is 3.92. The first-order valence-electron chi connectivity index (χ1n) is 10.4. The number of halogens is 2. The van der Waals surface area contributed by atoms with Crippen molar-refractivity contribution in [3.05, 3.63) is 106 Å². The molecular formula is C25H22BrFN4OS. The molecule has 0 aliphatic rings. The minimum absolute atomic E-state index is 0.192. The molecule has 5 nitrogen and oxygen atoms in total. The number of hydrogen-bond acceptors (Lipinski definition) is 4. The lowest BCUT2D eigenvalue weighted by atomic mass is 10.2. The summed E-state index contributed by atoms with van der Waals surface area (Å²) in [6, 6.07) is 21.3. The van der Waals surface area contributed by atoms with Crippen LogP contribution < -0.4 is 5.32 Å². The maximum atomic E-state index is 13.2. The van der Waals surface area contributed by atoms with Crippen molar-refractivity contribution in [1.82, 2.24) is 20.1 Å². The summed E-state index contributed by atoms with van der Waals surface area (Å²) >= 11 is 4.91. The second-order valence-corrected chi connectivity index (χ2v) is 9.49. The van der Waals surface area contributed by atoms with E-state index in [1.54, 1.807) is 24.3 Å². The molecule has 1 amide bonds. The van der Waals surface area contributed by atoms with Crippen LogP contribution in [0.15, 0.2) is 82.4 Å².